The summed E-state index contributed by atoms with van der Waals surface area (Å²) < 4.78 is 61.9. The van der Waals surface area contributed by atoms with Crippen molar-refractivity contribution in [3.05, 3.63) is 119 Å². The Morgan fingerprint density at radius 2 is 1.28 bits per heavy atom. The number of morpholine rings is 1. The van der Waals surface area contributed by atoms with E-state index in [4.69, 9.17) is 35.3 Å². The minimum absolute atomic E-state index is 0.120. The van der Waals surface area contributed by atoms with Crippen molar-refractivity contribution in [2.45, 2.75) is 17.5 Å². The number of sulfonamides is 1. The first kappa shape index (κ1) is 38.1. The summed E-state index contributed by atoms with van der Waals surface area (Å²) in [6, 6.07) is 31.4. The molecule has 0 spiro atoms. The van der Waals surface area contributed by atoms with Crippen molar-refractivity contribution in [2.24, 2.45) is 0 Å². The van der Waals surface area contributed by atoms with Crippen LogP contribution in [0.1, 0.15) is 22.6 Å². The second kappa shape index (κ2) is 17.5. The average molecular weight is 775 g/mol. The molecule has 11 nitrogen and oxygen atoms in total. The summed E-state index contributed by atoms with van der Waals surface area (Å²) in [5.41, 5.74) is 4.35. The molecule has 2 aliphatic heterocycles. The van der Waals surface area contributed by atoms with E-state index in [0.29, 0.717) is 74.0 Å². The fourth-order valence-electron chi connectivity index (χ4n) is 7.44. The third-order valence-electron chi connectivity index (χ3n) is 10.1. The number of hydrogen-bond acceptors (Lipinski definition) is 9. The third-order valence-corrected chi connectivity index (χ3v) is 12.4. The van der Waals surface area contributed by atoms with Crippen LogP contribution >= 0.6 is 11.6 Å². The van der Waals surface area contributed by atoms with Crippen molar-refractivity contribution in [3.8, 4) is 11.5 Å². The Balaban J connectivity index is 1.37. The van der Waals surface area contributed by atoms with Crippen LogP contribution in [0.3, 0.4) is 0 Å². The lowest BCUT2D eigenvalue weighted by atomic mass is 9.85. The minimum atomic E-state index is -4.04. The van der Waals surface area contributed by atoms with Gasteiger partial charge < -0.3 is 33.2 Å². The molecule has 286 valence electrons. The van der Waals surface area contributed by atoms with Crippen LogP contribution in [0.4, 0.5) is 5.69 Å². The molecule has 2 saturated heterocycles. The quantitative estimate of drug-likeness (QED) is 0.114. The van der Waals surface area contributed by atoms with E-state index in [1.807, 2.05) is 102 Å². The number of piperazine rings is 1. The smallest absolute Gasteiger partial charge is 0.259 e. The molecular formula is C41H47ClN4O7S. The molecule has 5 aromatic rings. The van der Waals surface area contributed by atoms with Crippen molar-refractivity contribution in [3.63, 3.8) is 0 Å². The molecule has 1 aromatic heterocycles. The standard InChI is InChI=1S/C41H47ClN4O7S/c1-49-29-52-33-15-11-31(12-16-33)39(32-13-17-34(18-14-32)53-30-50-2)40-35-7-3-5-9-37(35)46(24-19-43-25-27-51-28-26-43)41(40)54(47,48)45-22-20-44(21-23-45)38-10-6-4-8-36(38)42/h3-18,39H,19-30H2,1-2H3. The van der Waals surface area contributed by atoms with Crippen LogP contribution < -0.4 is 14.4 Å². The van der Waals surface area contributed by atoms with E-state index in [2.05, 4.69) is 9.80 Å². The van der Waals surface area contributed by atoms with Gasteiger partial charge in [0.05, 0.1) is 23.9 Å². The largest absolute Gasteiger partial charge is 0.468 e. The zero-order valence-corrected chi connectivity index (χ0v) is 32.3. The number of rotatable bonds is 15. The summed E-state index contributed by atoms with van der Waals surface area (Å²) >= 11 is 6.57. The maximum atomic E-state index is 15.4. The lowest BCUT2D eigenvalue weighted by Crippen LogP contribution is -2.49. The number of para-hydroxylation sites is 2. The summed E-state index contributed by atoms with van der Waals surface area (Å²) in [7, 11) is -0.882. The van der Waals surface area contributed by atoms with Gasteiger partial charge in [0.15, 0.2) is 18.6 Å². The molecule has 0 radical (unpaired) electrons. The molecule has 2 aliphatic rings. The molecule has 13 heteroatoms. The van der Waals surface area contributed by atoms with E-state index in [0.717, 1.165) is 46.4 Å². The SMILES string of the molecule is COCOc1ccc(C(c2ccc(OCOC)cc2)c2c(S(=O)(=O)N3CCN(c4ccccc4Cl)CC3)n(CCN3CCOCC3)c3ccccc23)cc1. The van der Waals surface area contributed by atoms with Gasteiger partial charge in [0, 0.05) is 89.0 Å². The van der Waals surface area contributed by atoms with Gasteiger partial charge in [-0.2, -0.15) is 4.31 Å². The summed E-state index contributed by atoms with van der Waals surface area (Å²) in [5.74, 6) is 0.848. The van der Waals surface area contributed by atoms with E-state index < -0.39 is 15.9 Å². The highest BCUT2D eigenvalue weighted by molar-refractivity contribution is 7.89. The number of nitrogens with zero attached hydrogens (tertiary/aromatic N) is 4. The minimum Gasteiger partial charge on any atom is -0.468 e. The zero-order chi connectivity index (χ0) is 37.5. The highest BCUT2D eigenvalue weighted by Gasteiger charge is 2.38. The Kier molecular flexibility index (Phi) is 12.4. The average Bonchev–Trinajstić information content (AvgIpc) is 3.54. The number of fused-ring (bicyclic) bond motifs is 1. The monoisotopic (exact) mass is 774 g/mol. The molecular weight excluding hydrogens is 728 g/mol. The van der Waals surface area contributed by atoms with Crippen molar-refractivity contribution in [1.82, 2.24) is 13.8 Å². The van der Waals surface area contributed by atoms with Crippen LogP contribution in [0.15, 0.2) is 102 Å². The highest BCUT2D eigenvalue weighted by atomic mass is 35.5. The molecule has 0 bridgehead atoms. The van der Waals surface area contributed by atoms with Crippen molar-refractivity contribution >= 4 is 38.2 Å². The van der Waals surface area contributed by atoms with E-state index >= 15 is 8.42 Å². The van der Waals surface area contributed by atoms with E-state index in [1.165, 1.54) is 0 Å². The number of hydrogen-bond donors (Lipinski definition) is 0. The molecule has 4 aromatic carbocycles. The van der Waals surface area contributed by atoms with Gasteiger partial charge in [-0.05, 0) is 53.6 Å². The summed E-state index contributed by atoms with van der Waals surface area (Å²) in [4.78, 5) is 4.50. The molecule has 54 heavy (non-hydrogen) atoms. The zero-order valence-electron chi connectivity index (χ0n) is 30.7. The molecule has 0 amide bonds. The Labute approximate surface area is 322 Å². The molecule has 0 saturated carbocycles. The number of benzene rings is 4. The molecule has 7 rings (SSSR count). The van der Waals surface area contributed by atoms with Crippen molar-refractivity contribution in [2.75, 3.05) is 91.7 Å². The first-order valence-electron chi connectivity index (χ1n) is 18.2. The molecule has 0 N–H and O–H groups in total. The van der Waals surface area contributed by atoms with E-state index in [9.17, 15) is 0 Å². The van der Waals surface area contributed by atoms with Crippen LogP contribution in [-0.2, 0) is 30.8 Å². The van der Waals surface area contributed by atoms with Gasteiger partial charge in [-0.15, -0.1) is 0 Å². The van der Waals surface area contributed by atoms with Gasteiger partial charge in [-0.1, -0.05) is 66.2 Å². The number of methoxy groups -OCH3 is 2. The van der Waals surface area contributed by atoms with Crippen LogP contribution in [0.25, 0.3) is 10.9 Å². The van der Waals surface area contributed by atoms with Crippen LogP contribution in [0, 0.1) is 0 Å². The number of halogens is 1. The lowest BCUT2D eigenvalue weighted by molar-refractivity contribution is 0.0362. The van der Waals surface area contributed by atoms with Gasteiger partial charge in [0.1, 0.15) is 11.5 Å². The van der Waals surface area contributed by atoms with Crippen LogP contribution in [0.5, 0.6) is 11.5 Å². The van der Waals surface area contributed by atoms with Crippen LogP contribution in [0.2, 0.25) is 5.02 Å². The van der Waals surface area contributed by atoms with E-state index in [1.54, 1.807) is 18.5 Å². The summed E-state index contributed by atoms with van der Waals surface area (Å²) in [6.45, 7) is 6.02. The molecule has 2 fully saturated rings. The highest BCUT2D eigenvalue weighted by Crippen LogP contribution is 2.44. The predicted octanol–water partition coefficient (Wildman–Crippen LogP) is 6.28. The van der Waals surface area contributed by atoms with Crippen LogP contribution in [-0.4, -0.2) is 109 Å². The first-order valence-corrected chi connectivity index (χ1v) is 20.0. The van der Waals surface area contributed by atoms with E-state index in [-0.39, 0.29) is 13.6 Å². The van der Waals surface area contributed by atoms with Gasteiger partial charge in [-0.25, -0.2) is 8.42 Å². The third kappa shape index (κ3) is 8.25. The Hall–Kier alpha value is -4.14. The fraction of sp³-hybridized carbons (Fsp3) is 0.366. The topological polar surface area (TPSA) is 94.9 Å². The summed E-state index contributed by atoms with van der Waals surface area (Å²) in [5, 5.41) is 1.85. The lowest BCUT2D eigenvalue weighted by Gasteiger charge is -2.36. The van der Waals surface area contributed by atoms with Crippen molar-refractivity contribution < 1.29 is 32.1 Å². The molecule has 3 heterocycles. The Morgan fingerprint density at radius 1 is 0.704 bits per heavy atom. The number of aromatic nitrogens is 1. The molecule has 0 unspecified atom stereocenters. The molecule has 0 aliphatic carbocycles. The van der Waals surface area contributed by atoms with Gasteiger partial charge in [0.25, 0.3) is 10.0 Å². The second-order valence-electron chi connectivity index (χ2n) is 13.4. The van der Waals surface area contributed by atoms with Gasteiger partial charge >= 0.3 is 0 Å². The van der Waals surface area contributed by atoms with Gasteiger partial charge in [-0.3, -0.25) is 4.90 Å². The fourth-order valence-corrected chi connectivity index (χ4v) is 9.56. The predicted molar refractivity (Wildman–Crippen MR) is 210 cm³/mol. The maximum Gasteiger partial charge on any atom is 0.259 e. The molecule has 0 atom stereocenters. The second-order valence-corrected chi connectivity index (χ2v) is 15.6. The Morgan fingerprint density at radius 3 is 1.87 bits per heavy atom. The number of anilines is 1. The van der Waals surface area contributed by atoms with Crippen molar-refractivity contribution in [1.29, 1.82) is 0 Å². The maximum absolute atomic E-state index is 15.4. The summed E-state index contributed by atoms with van der Waals surface area (Å²) in [6.07, 6.45) is 0. The first-order chi connectivity index (χ1) is 26.4. The Bertz CT molecular complexity index is 2050. The number of ether oxygens (including phenoxy) is 5. The van der Waals surface area contributed by atoms with Gasteiger partial charge in [0.2, 0.25) is 0 Å². The normalized spacial score (nSPS) is 16.0.